The molecule has 0 unspecified atom stereocenters. The van der Waals surface area contributed by atoms with Crippen molar-refractivity contribution in [2.45, 2.75) is 24.9 Å². The zero-order valence-corrected chi connectivity index (χ0v) is 12.2. The smallest absolute Gasteiger partial charge is 0.393 e. The van der Waals surface area contributed by atoms with Crippen molar-refractivity contribution in [1.82, 2.24) is 4.90 Å². The minimum absolute atomic E-state index is 0.00574. The van der Waals surface area contributed by atoms with Crippen LogP contribution in [0.25, 0.3) is 0 Å². The SMILES string of the molecule is O=C(c1cc(C(F)(F)F)cc(C(F)(F)F)c1)N1C[C@H]2C[C@@H](O)[C@H]2C1. The Bertz CT molecular complexity index is 637. The van der Waals surface area contributed by atoms with Gasteiger partial charge in [0.25, 0.3) is 5.91 Å². The number of carbonyl (C=O) groups excluding carboxylic acids is 1. The number of rotatable bonds is 1. The maximum absolute atomic E-state index is 12.8. The van der Waals surface area contributed by atoms with E-state index in [1.807, 2.05) is 0 Å². The first-order valence-electron chi connectivity index (χ1n) is 7.23. The first kappa shape index (κ1) is 17.1. The van der Waals surface area contributed by atoms with Gasteiger partial charge in [0.15, 0.2) is 0 Å². The number of fused-ring (bicyclic) bond motifs is 1. The Hall–Kier alpha value is -1.77. The molecule has 1 heterocycles. The van der Waals surface area contributed by atoms with Crippen LogP contribution in [0.2, 0.25) is 0 Å². The van der Waals surface area contributed by atoms with Gasteiger partial charge in [-0.15, -0.1) is 0 Å². The van der Waals surface area contributed by atoms with E-state index in [1.54, 1.807) is 0 Å². The Morgan fingerprint density at radius 2 is 1.54 bits per heavy atom. The van der Waals surface area contributed by atoms with Gasteiger partial charge in [-0.05, 0) is 30.5 Å². The lowest BCUT2D eigenvalue weighted by atomic mass is 9.74. The number of hydrogen-bond acceptors (Lipinski definition) is 2. The molecule has 132 valence electrons. The molecule has 1 saturated carbocycles. The molecule has 1 aromatic rings. The van der Waals surface area contributed by atoms with Crippen LogP contribution >= 0.6 is 0 Å². The van der Waals surface area contributed by atoms with Crippen molar-refractivity contribution in [1.29, 1.82) is 0 Å². The summed E-state index contributed by atoms with van der Waals surface area (Å²) in [6.07, 6.45) is -10.1. The summed E-state index contributed by atoms with van der Waals surface area (Å²) in [7, 11) is 0. The Labute approximate surface area is 132 Å². The largest absolute Gasteiger partial charge is 0.416 e. The van der Waals surface area contributed by atoms with Gasteiger partial charge in [-0.2, -0.15) is 26.3 Å². The lowest BCUT2D eigenvalue weighted by Crippen LogP contribution is -2.39. The fourth-order valence-corrected chi connectivity index (χ4v) is 3.30. The van der Waals surface area contributed by atoms with Crippen LogP contribution in [0.4, 0.5) is 26.3 Å². The molecule has 0 bridgehead atoms. The van der Waals surface area contributed by atoms with Crippen LogP contribution in [-0.4, -0.2) is 35.1 Å². The molecule has 1 N–H and O–H groups in total. The van der Waals surface area contributed by atoms with Gasteiger partial charge in [-0.3, -0.25) is 4.79 Å². The van der Waals surface area contributed by atoms with Gasteiger partial charge in [0.1, 0.15) is 0 Å². The van der Waals surface area contributed by atoms with Crippen LogP contribution in [0.3, 0.4) is 0 Å². The van der Waals surface area contributed by atoms with E-state index in [0.29, 0.717) is 18.6 Å². The van der Waals surface area contributed by atoms with Crippen LogP contribution in [0.5, 0.6) is 0 Å². The van der Waals surface area contributed by atoms with E-state index in [2.05, 4.69) is 0 Å². The second-order valence-corrected chi connectivity index (χ2v) is 6.23. The minimum Gasteiger partial charge on any atom is -0.393 e. The number of amides is 1. The summed E-state index contributed by atoms with van der Waals surface area (Å²) in [5.74, 6) is -0.980. The molecule has 3 nitrogen and oxygen atoms in total. The predicted octanol–water partition coefficient (Wildman–Crippen LogP) is 3.18. The van der Waals surface area contributed by atoms with Crippen molar-refractivity contribution < 1.29 is 36.2 Å². The van der Waals surface area contributed by atoms with E-state index in [0.717, 1.165) is 0 Å². The van der Waals surface area contributed by atoms with Crippen LogP contribution < -0.4 is 0 Å². The molecule has 9 heteroatoms. The van der Waals surface area contributed by atoms with Gasteiger partial charge >= 0.3 is 12.4 Å². The first-order chi connectivity index (χ1) is 11.0. The molecular formula is C15H13F6NO2. The number of alkyl halides is 6. The fourth-order valence-electron chi connectivity index (χ4n) is 3.30. The highest BCUT2D eigenvalue weighted by molar-refractivity contribution is 5.95. The van der Waals surface area contributed by atoms with E-state index < -0.39 is 41.1 Å². The molecular weight excluding hydrogens is 340 g/mol. The summed E-state index contributed by atoms with van der Waals surface area (Å²) in [5, 5.41) is 9.55. The fraction of sp³-hybridized carbons (Fsp3) is 0.533. The van der Waals surface area contributed by atoms with Gasteiger partial charge in [0, 0.05) is 24.6 Å². The molecule has 1 aromatic carbocycles. The van der Waals surface area contributed by atoms with E-state index in [4.69, 9.17) is 0 Å². The summed E-state index contributed by atoms with van der Waals surface area (Å²) in [4.78, 5) is 13.5. The molecule has 1 amide bonds. The van der Waals surface area contributed by atoms with Crippen LogP contribution in [-0.2, 0) is 12.4 Å². The third-order valence-corrected chi connectivity index (χ3v) is 4.65. The molecule has 0 radical (unpaired) electrons. The lowest BCUT2D eigenvalue weighted by Gasteiger charge is -2.34. The number of halogens is 6. The van der Waals surface area contributed by atoms with Crippen molar-refractivity contribution in [3.8, 4) is 0 Å². The van der Waals surface area contributed by atoms with Crippen LogP contribution in [0, 0.1) is 11.8 Å². The van der Waals surface area contributed by atoms with Gasteiger partial charge in [0.05, 0.1) is 17.2 Å². The second kappa shape index (κ2) is 5.37. The number of aliphatic hydroxyl groups excluding tert-OH is 1. The molecule has 0 spiro atoms. The number of hydrogen-bond donors (Lipinski definition) is 1. The van der Waals surface area contributed by atoms with Crippen molar-refractivity contribution in [2.24, 2.45) is 11.8 Å². The molecule has 0 aromatic heterocycles. The third-order valence-electron chi connectivity index (χ3n) is 4.65. The molecule has 3 atom stereocenters. The summed E-state index contributed by atoms with van der Waals surface area (Å²) in [6, 6.07) is 0.872. The molecule has 1 aliphatic carbocycles. The molecule has 1 saturated heterocycles. The highest BCUT2D eigenvalue weighted by atomic mass is 19.4. The molecule has 24 heavy (non-hydrogen) atoms. The number of aliphatic hydroxyl groups is 1. The topological polar surface area (TPSA) is 40.5 Å². The maximum atomic E-state index is 12.8. The number of benzene rings is 1. The van der Waals surface area contributed by atoms with Gasteiger partial charge < -0.3 is 10.0 Å². The Morgan fingerprint density at radius 1 is 1.00 bits per heavy atom. The van der Waals surface area contributed by atoms with Gasteiger partial charge in [-0.1, -0.05) is 0 Å². The van der Waals surface area contributed by atoms with Crippen molar-refractivity contribution in [2.75, 3.05) is 13.1 Å². The normalized spacial score (nSPS) is 27.0. The lowest BCUT2D eigenvalue weighted by molar-refractivity contribution is -0.143. The molecule has 3 rings (SSSR count). The number of nitrogens with zero attached hydrogens (tertiary/aromatic N) is 1. The molecule has 1 aliphatic heterocycles. The highest BCUT2D eigenvalue weighted by Gasteiger charge is 2.48. The Balaban J connectivity index is 1.93. The van der Waals surface area contributed by atoms with E-state index in [1.165, 1.54) is 4.90 Å². The summed E-state index contributed by atoms with van der Waals surface area (Å²) in [5.41, 5.74) is -3.67. The van der Waals surface area contributed by atoms with Crippen molar-refractivity contribution in [3.63, 3.8) is 0 Å². The van der Waals surface area contributed by atoms with Gasteiger partial charge in [0.2, 0.25) is 0 Å². The van der Waals surface area contributed by atoms with Gasteiger partial charge in [-0.25, -0.2) is 0 Å². The average molecular weight is 353 g/mol. The summed E-state index contributed by atoms with van der Waals surface area (Å²) < 4.78 is 77.0. The quantitative estimate of drug-likeness (QED) is 0.788. The Morgan fingerprint density at radius 3 is 1.96 bits per heavy atom. The van der Waals surface area contributed by atoms with E-state index in [-0.39, 0.29) is 31.0 Å². The summed E-state index contributed by atoms with van der Waals surface area (Å²) >= 11 is 0. The first-order valence-corrected chi connectivity index (χ1v) is 7.23. The summed E-state index contributed by atoms with van der Waals surface area (Å²) in [6.45, 7) is 0.375. The standard InChI is InChI=1S/C15H13F6NO2/c16-14(17,18)9-1-7(2-10(4-9)15(19,20)21)13(24)22-5-8-3-12(23)11(8)6-22/h1-2,4,8,11-12,23H,3,5-6H2/t8-,11+,12-/m1/s1. The number of carbonyl (C=O) groups is 1. The average Bonchev–Trinajstić information content (AvgIpc) is 2.81. The zero-order valence-electron chi connectivity index (χ0n) is 12.2. The third kappa shape index (κ3) is 2.97. The monoisotopic (exact) mass is 353 g/mol. The Kier molecular flexibility index (Phi) is 3.82. The van der Waals surface area contributed by atoms with E-state index >= 15 is 0 Å². The minimum atomic E-state index is -4.99. The van der Waals surface area contributed by atoms with Crippen molar-refractivity contribution in [3.05, 3.63) is 34.9 Å². The highest BCUT2D eigenvalue weighted by Crippen LogP contribution is 2.42. The van der Waals surface area contributed by atoms with Crippen LogP contribution in [0.15, 0.2) is 18.2 Å². The van der Waals surface area contributed by atoms with Crippen molar-refractivity contribution >= 4 is 5.91 Å². The molecule has 2 fully saturated rings. The van der Waals surface area contributed by atoms with E-state index in [9.17, 15) is 36.2 Å². The second-order valence-electron chi connectivity index (χ2n) is 6.23. The number of likely N-dealkylation sites (tertiary alicyclic amines) is 1. The molecule has 2 aliphatic rings. The maximum Gasteiger partial charge on any atom is 0.416 e. The zero-order chi connectivity index (χ0) is 17.9. The predicted molar refractivity (Wildman–Crippen MR) is 70.0 cm³/mol. The van der Waals surface area contributed by atoms with Crippen LogP contribution in [0.1, 0.15) is 27.9 Å².